The number of aryl methyl sites for hydroxylation is 1. The van der Waals surface area contributed by atoms with Gasteiger partial charge in [-0.15, -0.1) is 0 Å². The second-order valence-electron chi connectivity index (χ2n) is 5.96. The molecule has 0 bridgehead atoms. The van der Waals surface area contributed by atoms with Gasteiger partial charge in [0.2, 0.25) is 5.91 Å². The van der Waals surface area contributed by atoms with E-state index in [-0.39, 0.29) is 5.91 Å². The lowest BCUT2D eigenvalue weighted by Gasteiger charge is -2.21. The molecule has 1 aromatic rings. The van der Waals surface area contributed by atoms with E-state index in [4.69, 9.17) is 0 Å². The Balaban J connectivity index is 1.80. The summed E-state index contributed by atoms with van der Waals surface area (Å²) in [5.41, 5.74) is 2.01. The Morgan fingerprint density at radius 3 is 2.70 bits per heavy atom. The molecule has 2 N–H and O–H groups in total. The Kier molecular flexibility index (Phi) is 5.18. The van der Waals surface area contributed by atoms with Crippen LogP contribution in [-0.4, -0.2) is 18.5 Å². The van der Waals surface area contributed by atoms with Crippen molar-refractivity contribution in [2.45, 2.75) is 46.1 Å². The molecule has 1 saturated carbocycles. The van der Waals surface area contributed by atoms with Crippen molar-refractivity contribution < 1.29 is 4.79 Å². The molecule has 0 spiro atoms. The highest BCUT2D eigenvalue weighted by molar-refractivity contribution is 5.92. The van der Waals surface area contributed by atoms with Crippen LogP contribution in [0.2, 0.25) is 0 Å². The minimum absolute atomic E-state index is 0.0476. The maximum Gasteiger partial charge on any atom is 0.238 e. The molecule has 0 heterocycles. The van der Waals surface area contributed by atoms with Gasteiger partial charge < -0.3 is 10.6 Å². The third-order valence-electron chi connectivity index (χ3n) is 4.70. The maximum absolute atomic E-state index is 12.0. The highest BCUT2D eigenvalue weighted by atomic mass is 16.1. The van der Waals surface area contributed by atoms with Crippen molar-refractivity contribution in [2.75, 3.05) is 11.9 Å². The van der Waals surface area contributed by atoms with Gasteiger partial charge in [0, 0.05) is 11.7 Å². The first-order chi connectivity index (χ1) is 9.61. The number of anilines is 1. The molecule has 1 aromatic carbocycles. The Morgan fingerprint density at radius 1 is 1.30 bits per heavy atom. The summed E-state index contributed by atoms with van der Waals surface area (Å²) >= 11 is 0. The standard InChI is InChI=1S/C17H26N2O/c1-4-14-9-10-16(13(14)3)18-11-17(20)19-15-8-6-5-7-12(15)2/h5-8,13-14,16,18H,4,9-11H2,1-3H3,(H,19,20). The summed E-state index contributed by atoms with van der Waals surface area (Å²) < 4.78 is 0. The molecule has 0 radical (unpaired) electrons. The van der Waals surface area contributed by atoms with E-state index in [9.17, 15) is 4.79 Å². The quantitative estimate of drug-likeness (QED) is 0.864. The van der Waals surface area contributed by atoms with Crippen molar-refractivity contribution in [3.8, 4) is 0 Å². The van der Waals surface area contributed by atoms with E-state index < -0.39 is 0 Å². The number of hydrogen-bond donors (Lipinski definition) is 2. The third kappa shape index (κ3) is 3.60. The van der Waals surface area contributed by atoms with Gasteiger partial charge in [-0.25, -0.2) is 0 Å². The Bertz CT molecular complexity index is 458. The second-order valence-corrected chi connectivity index (χ2v) is 5.96. The smallest absolute Gasteiger partial charge is 0.238 e. The molecule has 1 aliphatic rings. The number of carbonyl (C=O) groups is 1. The molecule has 2 rings (SSSR count). The van der Waals surface area contributed by atoms with Crippen molar-refractivity contribution in [3.63, 3.8) is 0 Å². The third-order valence-corrected chi connectivity index (χ3v) is 4.70. The largest absolute Gasteiger partial charge is 0.325 e. The van der Waals surface area contributed by atoms with E-state index in [1.807, 2.05) is 31.2 Å². The molecule has 1 fully saturated rings. The highest BCUT2D eigenvalue weighted by Gasteiger charge is 2.31. The highest BCUT2D eigenvalue weighted by Crippen LogP contribution is 2.33. The van der Waals surface area contributed by atoms with Gasteiger partial charge in [-0.1, -0.05) is 38.5 Å². The number of amides is 1. The van der Waals surface area contributed by atoms with Gasteiger partial charge >= 0.3 is 0 Å². The van der Waals surface area contributed by atoms with Crippen LogP contribution in [0.4, 0.5) is 5.69 Å². The van der Waals surface area contributed by atoms with Crippen LogP contribution in [0.25, 0.3) is 0 Å². The minimum Gasteiger partial charge on any atom is -0.325 e. The normalized spacial score (nSPS) is 25.6. The first-order valence-corrected chi connectivity index (χ1v) is 7.70. The Labute approximate surface area is 122 Å². The zero-order chi connectivity index (χ0) is 14.5. The lowest BCUT2D eigenvalue weighted by atomic mass is 9.93. The van der Waals surface area contributed by atoms with Crippen molar-refractivity contribution in [1.29, 1.82) is 0 Å². The lowest BCUT2D eigenvalue weighted by molar-refractivity contribution is -0.115. The van der Waals surface area contributed by atoms with Gasteiger partial charge in [0.1, 0.15) is 0 Å². The van der Waals surface area contributed by atoms with Gasteiger partial charge in [0.15, 0.2) is 0 Å². The lowest BCUT2D eigenvalue weighted by Crippen LogP contribution is -2.38. The van der Waals surface area contributed by atoms with Crippen LogP contribution in [0.15, 0.2) is 24.3 Å². The van der Waals surface area contributed by atoms with Crippen LogP contribution in [0.1, 0.15) is 38.7 Å². The first kappa shape index (κ1) is 15.0. The van der Waals surface area contributed by atoms with E-state index in [0.29, 0.717) is 18.5 Å². The van der Waals surface area contributed by atoms with E-state index in [1.165, 1.54) is 19.3 Å². The summed E-state index contributed by atoms with van der Waals surface area (Å²) in [5, 5.41) is 6.40. The molecule has 3 heteroatoms. The van der Waals surface area contributed by atoms with Gasteiger partial charge in [0.25, 0.3) is 0 Å². The van der Waals surface area contributed by atoms with Crippen molar-refractivity contribution >= 4 is 11.6 Å². The summed E-state index contributed by atoms with van der Waals surface area (Å²) in [5.74, 6) is 1.53. The maximum atomic E-state index is 12.0. The number of benzene rings is 1. The van der Waals surface area contributed by atoms with E-state index >= 15 is 0 Å². The monoisotopic (exact) mass is 274 g/mol. The van der Waals surface area contributed by atoms with Gasteiger partial charge in [0.05, 0.1) is 6.54 Å². The summed E-state index contributed by atoms with van der Waals surface area (Å²) in [6.45, 7) is 6.97. The summed E-state index contributed by atoms with van der Waals surface area (Å²) in [4.78, 5) is 12.0. The molecule has 3 nitrogen and oxygen atoms in total. The van der Waals surface area contributed by atoms with Crippen LogP contribution in [0.3, 0.4) is 0 Å². The summed E-state index contributed by atoms with van der Waals surface area (Å²) in [7, 11) is 0. The molecule has 110 valence electrons. The second kappa shape index (κ2) is 6.89. The van der Waals surface area contributed by atoms with Crippen LogP contribution < -0.4 is 10.6 Å². The van der Waals surface area contributed by atoms with Crippen LogP contribution in [0, 0.1) is 18.8 Å². The van der Waals surface area contributed by atoms with Crippen LogP contribution in [0.5, 0.6) is 0 Å². The molecular weight excluding hydrogens is 248 g/mol. The van der Waals surface area contributed by atoms with Crippen molar-refractivity contribution in [1.82, 2.24) is 5.32 Å². The molecule has 0 saturated heterocycles. The summed E-state index contributed by atoms with van der Waals surface area (Å²) in [6, 6.07) is 8.37. The fourth-order valence-electron chi connectivity index (χ4n) is 3.24. The molecule has 20 heavy (non-hydrogen) atoms. The average molecular weight is 274 g/mol. The SMILES string of the molecule is CCC1CCC(NCC(=O)Nc2ccccc2C)C1C. The van der Waals surface area contributed by atoms with E-state index in [1.54, 1.807) is 0 Å². The van der Waals surface area contributed by atoms with E-state index in [2.05, 4.69) is 24.5 Å². The predicted molar refractivity (Wildman–Crippen MR) is 83.8 cm³/mol. The van der Waals surface area contributed by atoms with E-state index in [0.717, 1.165) is 17.2 Å². The van der Waals surface area contributed by atoms with Gasteiger partial charge in [-0.3, -0.25) is 4.79 Å². The number of nitrogens with one attached hydrogen (secondary N) is 2. The molecule has 1 aliphatic carbocycles. The fourth-order valence-corrected chi connectivity index (χ4v) is 3.24. The van der Waals surface area contributed by atoms with Crippen LogP contribution >= 0.6 is 0 Å². The predicted octanol–water partition coefficient (Wildman–Crippen LogP) is 3.35. The van der Waals surface area contributed by atoms with Gasteiger partial charge in [-0.05, 0) is 43.2 Å². The fraction of sp³-hybridized carbons (Fsp3) is 0.588. The summed E-state index contributed by atoms with van der Waals surface area (Å²) in [6.07, 6.45) is 3.72. The van der Waals surface area contributed by atoms with Crippen LogP contribution in [-0.2, 0) is 4.79 Å². The van der Waals surface area contributed by atoms with Crippen molar-refractivity contribution in [3.05, 3.63) is 29.8 Å². The zero-order valence-electron chi connectivity index (χ0n) is 12.8. The number of carbonyl (C=O) groups excluding carboxylic acids is 1. The number of hydrogen-bond acceptors (Lipinski definition) is 2. The molecule has 0 aromatic heterocycles. The zero-order valence-corrected chi connectivity index (χ0v) is 12.8. The molecule has 0 aliphatic heterocycles. The molecule has 3 unspecified atom stereocenters. The average Bonchev–Trinajstić information content (AvgIpc) is 2.79. The molecule has 3 atom stereocenters. The first-order valence-electron chi connectivity index (χ1n) is 7.70. The minimum atomic E-state index is 0.0476. The Morgan fingerprint density at radius 2 is 2.05 bits per heavy atom. The van der Waals surface area contributed by atoms with Crippen molar-refractivity contribution in [2.24, 2.45) is 11.8 Å². The molecular formula is C17H26N2O. The molecule has 1 amide bonds. The Hall–Kier alpha value is -1.35. The number of para-hydroxylation sites is 1. The van der Waals surface area contributed by atoms with Gasteiger partial charge in [-0.2, -0.15) is 0 Å². The number of rotatable bonds is 5. The topological polar surface area (TPSA) is 41.1 Å².